The van der Waals surface area contributed by atoms with Crippen molar-refractivity contribution in [2.24, 2.45) is 0 Å². The van der Waals surface area contributed by atoms with E-state index in [9.17, 15) is 14.4 Å². The molecule has 0 aliphatic heterocycles. The number of benzene rings is 1. The van der Waals surface area contributed by atoms with Crippen LogP contribution in [0.2, 0.25) is 0 Å². The zero-order valence-corrected chi connectivity index (χ0v) is 15.2. The standard InChI is InChI=1S/C19H18N4O3S/c24-16-8-6-14(11-21-16)18(26)23-19-22-15(12-27-19)7-9-17(25)20-10-13-4-2-1-3-5-13/h1-6,8,11-12H,7,9-10H2,(H,20,25)(H,21,24)(H,22,23,26). The Morgan fingerprint density at radius 3 is 2.67 bits per heavy atom. The van der Waals surface area contributed by atoms with Crippen molar-refractivity contribution in [2.75, 3.05) is 5.32 Å². The van der Waals surface area contributed by atoms with Gasteiger partial charge in [-0.05, 0) is 18.1 Å². The molecular weight excluding hydrogens is 364 g/mol. The summed E-state index contributed by atoms with van der Waals surface area (Å²) in [5, 5.41) is 7.81. The van der Waals surface area contributed by atoms with Gasteiger partial charge in [-0.15, -0.1) is 11.3 Å². The Morgan fingerprint density at radius 2 is 1.93 bits per heavy atom. The number of aryl methyl sites for hydroxylation is 1. The van der Waals surface area contributed by atoms with E-state index in [0.717, 1.165) is 11.3 Å². The lowest BCUT2D eigenvalue weighted by atomic mass is 10.2. The van der Waals surface area contributed by atoms with Crippen molar-refractivity contribution in [3.8, 4) is 0 Å². The summed E-state index contributed by atoms with van der Waals surface area (Å²) in [6.45, 7) is 0.497. The third-order valence-corrected chi connectivity index (χ3v) is 4.57. The van der Waals surface area contributed by atoms with Crippen molar-refractivity contribution >= 4 is 28.3 Å². The Labute approximate surface area is 159 Å². The molecule has 0 radical (unpaired) electrons. The molecule has 138 valence electrons. The third kappa shape index (κ3) is 5.61. The van der Waals surface area contributed by atoms with Gasteiger partial charge in [0.05, 0.1) is 11.3 Å². The van der Waals surface area contributed by atoms with Gasteiger partial charge in [-0.25, -0.2) is 4.98 Å². The molecule has 8 heteroatoms. The van der Waals surface area contributed by atoms with Crippen molar-refractivity contribution < 1.29 is 9.59 Å². The van der Waals surface area contributed by atoms with E-state index in [0.29, 0.717) is 30.1 Å². The number of hydrogen-bond donors (Lipinski definition) is 3. The molecule has 1 aromatic carbocycles. The van der Waals surface area contributed by atoms with Gasteiger partial charge in [0.1, 0.15) is 0 Å². The van der Waals surface area contributed by atoms with Crippen LogP contribution in [0.25, 0.3) is 0 Å². The second-order valence-electron chi connectivity index (χ2n) is 5.80. The van der Waals surface area contributed by atoms with Crippen LogP contribution in [0.3, 0.4) is 0 Å². The van der Waals surface area contributed by atoms with E-state index in [1.165, 1.54) is 29.7 Å². The van der Waals surface area contributed by atoms with E-state index < -0.39 is 0 Å². The van der Waals surface area contributed by atoms with Gasteiger partial charge in [-0.2, -0.15) is 0 Å². The monoisotopic (exact) mass is 382 g/mol. The molecule has 2 aromatic heterocycles. The second kappa shape index (κ2) is 8.91. The van der Waals surface area contributed by atoms with Crippen LogP contribution in [-0.2, 0) is 17.8 Å². The molecule has 0 aliphatic rings. The number of thiazole rings is 1. The molecule has 0 saturated heterocycles. The van der Waals surface area contributed by atoms with Gasteiger partial charge in [0.15, 0.2) is 5.13 Å². The molecule has 3 rings (SSSR count). The molecule has 2 heterocycles. The Morgan fingerprint density at radius 1 is 1.11 bits per heavy atom. The predicted octanol–water partition coefficient (Wildman–Crippen LogP) is 2.33. The highest BCUT2D eigenvalue weighted by atomic mass is 32.1. The smallest absolute Gasteiger partial charge is 0.258 e. The van der Waals surface area contributed by atoms with Crippen LogP contribution in [0.5, 0.6) is 0 Å². The summed E-state index contributed by atoms with van der Waals surface area (Å²) >= 11 is 1.29. The highest BCUT2D eigenvalue weighted by Gasteiger charge is 2.10. The number of nitrogens with one attached hydrogen (secondary N) is 3. The normalized spacial score (nSPS) is 10.4. The van der Waals surface area contributed by atoms with Gasteiger partial charge in [-0.3, -0.25) is 19.7 Å². The number of carbonyl (C=O) groups is 2. The second-order valence-corrected chi connectivity index (χ2v) is 6.66. The minimum Gasteiger partial charge on any atom is -0.352 e. The van der Waals surface area contributed by atoms with E-state index in [1.807, 2.05) is 35.7 Å². The van der Waals surface area contributed by atoms with Crippen molar-refractivity contribution in [3.63, 3.8) is 0 Å². The van der Waals surface area contributed by atoms with Gasteiger partial charge >= 0.3 is 0 Å². The van der Waals surface area contributed by atoms with E-state index in [2.05, 4.69) is 20.6 Å². The van der Waals surface area contributed by atoms with Crippen molar-refractivity contribution in [1.29, 1.82) is 0 Å². The zero-order chi connectivity index (χ0) is 19.1. The number of nitrogens with zero attached hydrogens (tertiary/aromatic N) is 1. The van der Waals surface area contributed by atoms with Gasteiger partial charge in [0, 0.05) is 30.6 Å². The molecule has 0 aliphatic carbocycles. The molecule has 0 spiro atoms. The maximum Gasteiger partial charge on any atom is 0.258 e. The molecule has 27 heavy (non-hydrogen) atoms. The average molecular weight is 382 g/mol. The summed E-state index contributed by atoms with van der Waals surface area (Å²) < 4.78 is 0. The van der Waals surface area contributed by atoms with Crippen molar-refractivity contribution in [1.82, 2.24) is 15.3 Å². The summed E-state index contributed by atoms with van der Waals surface area (Å²) in [6.07, 6.45) is 2.17. The summed E-state index contributed by atoms with van der Waals surface area (Å²) in [7, 11) is 0. The van der Waals surface area contributed by atoms with Crippen LogP contribution in [-0.4, -0.2) is 21.8 Å². The summed E-state index contributed by atoms with van der Waals surface area (Å²) in [4.78, 5) is 41.8. The highest BCUT2D eigenvalue weighted by Crippen LogP contribution is 2.17. The largest absolute Gasteiger partial charge is 0.352 e. The lowest BCUT2D eigenvalue weighted by molar-refractivity contribution is -0.121. The highest BCUT2D eigenvalue weighted by molar-refractivity contribution is 7.14. The van der Waals surface area contributed by atoms with E-state index in [1.54, 1.807) is 0 Å². The number of rotatable bonds is 7. The lowest BCUT2D eigenvalue weighted by Gasteiger charge is -2.04. The maximum atomic E-state index is 12.1. The summed E-state index contributed by atoms with van der Waals surface area (Å²) in [5.74, 6) is -0.404. The maximum absolute atomic E-state index is 12.1. The number of aromatic amines is 1. The SMILES string of the molecule is O=C(CCc1csc(NC(=O)c2ccc(=O)[nH]c2)n1)NCc1ccccc1. The number of carbonyl (C=O) groups excluding carboxylic acids is 2. The Kier molecular flexibility index (Phi) is 6.11. The van der Waals surface area contributed by atoms with Gasteiger partial charge in [0.25, 0.3) is 5.91 Å². The number of aromatic nitrogens is 2. The van der Waals surface area contributed by atoms with Crippen LogP contribution in [0, 0.1) is 0 Å². The predicted molar refractivity (Wildman–Crippen MR) is 104 cm³/mol. The number of amides is 2. The molecule has 2 amide bonds. The Balaban J connectivity index is 1.46. The fourth-order valence-corrected chi connectivity index (χ4v) is 3.07. The third-order valence-electron chi connectivity index (χ3n) is 3.76. The van der Waals surface area contributed by atoms with Crippen molar-refractivity contribution in [2.45, 2.75) is 19.4 Å². The quantitative estimate of drug-likeness (QED) is 0.583. The van der Waals surface area contributed by atoms with E-state index in [-0.39, 0.29) is 17.4 Å². The number of pyridine rings is 1. The molecule has 0 saturated carbocycles. The van der Waals surface area contributed by atoms with Crippen LogP contribution in [0.4, 0.5) is 5.13 Å². The first kappa shape index (κ1) is 18.5. The number of anilines is 1. The van der Waals surface area contributed by atoms with E-state index >= 15 is 0 Å². The van der Waals surface area contributed by atoms with Gasteiger partial charge < -0.3 is 10.3 Å². The molecule has 0 fully saturated rings. The first-order valence-corrected chi connectivity index (χ1v) is 9.23. The lowest BCUT2D eigenvalue weighted by Crippen LogP contribution is -2.23. The van der Waals surface area contributed by atoms with Crippen LogP contribution >= 0.6 is 11.3 Å². The molecule has 7 nitrogen and oxygen atoms in total. The first-order chi connectivity index (χ1) is 13.1. The number of hydrogen-bond acceptors (Lipinski definition) is 5. The average Bonchev–Trinajstić information content (AvgIpc) is 3.13. The fraction of sp³-hybridized carbons (Fsp3) is 0.158. The van der Waals surface area contributed by atoms with Crippen LogP contribution in [0.1, 0.15) is 28.0 Å². The molecule has 0 atom stereocenters. The molecule has 0 unspecified atom stereocenters. The molecule has 0 bridgehead atoms. The fourth-order valence-electron chi connectivity index (χ4n) is 2.33. The van der Waals surface area contributed by atoms with E-state index in [4.69, 9.17) is 0 Å². The summed E-state index contributed by atoms with van der Waals surface area (Å²) in [6, 6.07) is 12.4. The minimum absolute atomic E-state index is 0.0503. The Hall–Kier alpha value is -3.26. The van der Waals surface area contributed by atoms with Gasteiger partial charge in [-0.1, -0.05) is 30.3 Å². The minimum atomic E-state index is -0.354. The number of H-pyrrole nitrogens is 1. The van der Waals surface area contributed by atoms with Crippen LogP contribution < -0.4 is 16.2 Å². The summed E-state index contributed by atoms with van der Waals surface area (Å²) in [5.41, 5.74) is 1.86. The zero-order valence-electron chi connectivity index (χ0n) is 14.4. The topological polar surface area (TPSA) is 104 Å². The molecular formula is C19H18N4O3S. The molecule has 3 aromatic rings. The van der Waals surface area contributed by atoms with Gasteiger partial charge in [0.2, 0.25) is 11.5 Å². The van der Waals surface area contributed by atoms with Crippen molar-refractivity contribution in [3.05, 3.63) is 81.2 Å². The Bertz CT molecular complexity index is 961. The molecule has 3 N–H and O–H groups in total. The van der Waals surface area contributed by atoms with Crippen LogP contribution in [0.15, 0.2) is 58.8 Å². The first-order valence-electron chi connectivity index (χ1n) is 8.35.